The van der Waals surface area contributed by atoms with E-state index < -0.39 is 5.91 Å². The first-order valence-corrected chi connectivity index (χ1v) is 8.78. The smallest absolute Gasteiger partial charge is 0.267 e. The maximum absolute atomic E-state index is 12.5. The lowest BCUT2D eigenvalue weighted by Gasteiger charge is -2.25. The number of carbonyl (C=O) groups excluding carboxylic acids is 1. The number of nitrogens with one attached hydrogen (secondary N) is 1. The first kappa shape index (κ1) is 19.6. The summed E-state index contributed by atoms with van der Waals surface area (Å²) in [6, 6.07) is 17.4. The van der Waals surface area contributed by atoms with E-state index in [1.165, 1.54) is 0 Å². The molecule has 26 heavy (non-hydrogen) atoms. The third kappa shape index (κ3) is 5.11. The van der Waals surface area contributed by atoms with Crippen molar-refractivity contribution in [2.24, 2.45) is 0 Å². The Kier molecular flexibility index (Phi) is 6.82. The van der Waals surface area contributed by atoms with Crippen molar-refractivity contribution in [3.63, 3.8) is 0 Å². The third-order valence-corrected chi connectivity index (χ3v) is 4.46. The van der Waals surface area contributed by atoms with Gasteiger partial charge in [0, 0.05) is 29.5 Å². The number of carbonyl (C=O) groups is 1. The highest BCUT2D eigenvalue weighted by Crippen LogP contribution is 2.23. The molecule has 0 aliphatic rings. The van der Waals surface area contributed by atoms with E-state index >= 15 is 0 Å². The minimum absolute atomic E-state index is 0.0500. The second kappa shape index (κ2) is 9.07. The summed E-state index contributed by atoms with van der Waals surface area (Å²) in [7, 11) is 0. The van der Waals surface area contributed by atoms with E-state index in [1.807, 2.05) is 62.1 Å². The van der Waals surface area contributed by atoms with E-state index in [9.17, 15) is 10.1 Å². The summed E-state index contributed by atoms with van der Waals surface area (Å²) in [5, 5.41) is 12.8. The van der Waals surface area contributed by atoms with Crippen molar-refractivity contribution in [3.05, 3.63) is 76.5 Å². The first-order chi connectivity index (χ1) is 12.4. The Balaban J connectivity index is 2.21. The molecular weight excluding hydrogens is 346 g/mol. The fourth-order valence-corrected chi connectivity index (χ4v) is 2.58. The predicted octanol–water partition coefficient (Wildman–Crippen LogP) is 4.91. The van der Waals surface area contributed by atoms with Crippen LogP contribution in [0.3, 0.4) is 0 Å². The van der Waals surface area contributed by atoms with Crippen molar-refractivity contribution in [1.82, 2.24) is 4.90 Å². The molecule has 0 aliphatic carbocycles. The fraction of sp³-hybridized carbons (Fsp3) is 0.238. The number of hydrogen-bond acceptors (Lipinski definition) is 3. The van der Waals surface area contributed by atoms with Gasteiger partial charge >= 0.3 is 0 Å². The van der Waals surface area contributed by atoms with E-state index in [0.717, 1.165) is 11.1 Å². The molecule has 0 atom stereocenters. The molecule has 1 N–H and O–H groups in total. The van der Waals surface area contributed by atoms with Crippen LogP contribution in [0.4, 0.5) is 5.69 Å². The SMILES string of the molecule is Cc1c(Cl)cccc1NC(=O)/C(C#N)=C\N(Cc1ccccc1)C(C)C. The van der Waals surface area contributed by atoms with Crippen LogP contribution in [0.25, 0.3) is 0 Å². The Bertz CT molecular complexity index is 838. The minimum Gasteiger partial charge on any atom is -0.369 e. The Hall–Kier alpha value is -2.77. The van der Waals surface area contributed by atoms with Crippen LogP contribution in [0.2, 0.25) is 5.02 Å². The molecule has 0 fully saturated rings. The summed E-state index contributed by atoms with van der Waals surface area (Å²) in [5.74, 6) is -0.448. The van der Waals surface area contributed by atoms with Crippen molar-refractivity contribution in [1.29, 1.82) is 5.26 Å². The molecule has 0 radical (unpaired) electrons. The molecule has 2 aromatic rings. The summed E-state index contributed by atoms with van der Waals surface area (Å²) < 4.78 is 0. The van der Waals surface area contributed by atoms with Crippen LogP contribution >= 0.6 is 11.6 Å². The molecule has 0 aliphatic heterocycles. The number of halogens is 1. The van der Waals surface area contributed by atoms with Crippen molar-refractivity contribution in [2.45, 2.75) is 33.4 Å². The molecule has 0 aromatic heterocycles. The molecule has 5 heteroatoms. The lowest BCUT2D eigenvalue weighted by molar-refractivity contribution is -0.112. The quantitative estimate of drug-likeness (QED) is 0.583. The van der Waals surface area contributed by atoms with Gasteiger partial charge in [-0.2, -0.15) is 5.26 Å². The molecule has 0 saturated carbocycles. The van der Waals surface area contributed by atoms with Gasteiger partial charge in [-0.15, -0.1) is 0 Å². The average molecular weight is 368 g/mol. The van der Waals surface area contributed by atoms with Crippen LogP contribution in [-0.2, 0) is 11.3 Å². The standard InChI is InChI=1S/C21H22ClN3O/c1-15(2)25(13-17-8-5-4-6-9-17)14-18(12-23)21(26)24-20-11-7-10-19(22)16(20)3/h4-11,14-15H,13H2,1-3H3,(H,24,26)/b18-14-. The van der Waals surface area contributed by atoms with Gasteiger partial charge in [0.2, 0.25) is 0 Å². The molecule has 0 unspecified atom stereocenters. The summed E-state index contributed by atoms with van der Waals surface area (Å²) in [4.78, 5) is 14.5. The molecular formula is C21H22ClN3O. The van der Waals surface area contributed by atoms with E-state index in [0.29, 0.717) is 17.3 Å². The Morgan fingerprint density at radius 2 is 1.92 bits per heavy atom. The third-order valence-electron chi connectivity index (χ3n) is 4.05. The molecule has 0 bridgehead atoms. The Morgan fingerprint density at radius 1 is 1.23 bits per heavy atom. The van der Waals surface area contributed by atoms with E-state index in [2.05, 4.69) is 5.32 Å². The van der Waals surface area contributed by atoms with Gasteiger partial charge in [0.25, 0.3) is 5.91 Å². The predicted molar refractivity (Wildman–Crippen MR) is 106 cm³/mol. The van der Waals surface area contributed by atoms with Gasteiger partial charge in [-0.3, -0.25) is 4.79 Å². The van der Waals surface area contributed by atoms with Crippen LogP contribution in [0, 0.1) is 18.3 Å². The largest absolute Gasteiger partial charge is 0.369 e. The normalized spacial score (nSPS) is 11.2. The molecule has 0 spiro atoms. The molecule has 2 rings (SSSR count). The fourth-order valence-electron chi connectivity index (χ4n) is 2.41. The van der Waals surface area contributed by atoms with Crippen molar-refractivity contribution in [2.75, 3.05) is 5.32 Å². The van der Waals surface area contributed by atoms with Gasteiger partial charge in [-0.25, -0.2) is 0 Å². The van der Waals surface area contributed by atoms with Gasteiger partial charge in [-0.1, -0.05) is 48.0 Å². The van der Waals surface area contributed by atoms with Gasteiger partial charge in [0.1, 0.15) is 11.6 Å². The zero-order valence-corrected chi connectivity index (χ0v) is 15.9. The number of nitrogens with zero attached hydrogens (tertiary/aromatic N) is 2. The number of benzene rings is 2. The number of hydrogen-bond donors (Lipinski definition) is 1. The zero-order valence-electron chi connectivity index (χ0n) is 15.2. The summed E-state index contributed by atoms with van der Waals surface area (Å²) in [6.07, 6.45) is 1.62. The van der Waals surface area contributed by atoms with Crippen LogP contribution in [-0.4, -0.2) is 16.8 Å². The molecule has 1 amide bonds. The molecule has 0 heterocycles. The minimum atomic E-state index is -0.448. The highest BCUT2D eigenvalue weighted by Gasteiger charge is 2.15. The summed E-state index contributed by atoms with van der Waals surface area (Å²) in [6.45, 7) is 6.48. The zero-order chi connectivity index (χ0) is 19.1. The Labute approximate surface area is 159 Å². The monoisotopic (exact) mass is 367 g/mol. The molecule has 0 saturated heterocycles. The second-order valence-electron chi connectivity index (χ2n) is 6.27. The number of anilines is 1. The molecule has 134 valence electrons. The topological polar surface area (TPSA) is 56.1 Å². The number of amides is 1. The van der Waals surface area contributed by atoms with Crippen LogP contribution in [0.5, 0.6) is 0 Å². The second-order valence-corrected chi connectivity index (χ2v) is 6.68. The van der Waals surface area contributed by atoms with E-state index in [4.69, 9.17) is 11.6 Å². The maximum Gasteiger partial charge on any atom is 0.267 e. The van der Waals surface area contributed by atoms with Gasteiger partial charge < -0.3 is 10.2 Å². The highest BCUT2D eigenvalue weighted by atomic mass is 35.5. The molecule has 2 aromatic carbocycles. The average Bonchev–Trinajstić information content (AvgIpc) is 2.63. The van der Waals surface area contributed by atoms with Gasteiger partial charge in [-0.05, 0) is 44.0 Å². The van der Waals surface area contributed by atoms with E-state index in [-0.39, 0.29) is 11.6 Å². The van der Waals surface area contributed by atoms with Gasteiger partial charge in [0.15, 0.2) is 0 Å². The lowest BCUT2D eigenvalue weighted by atomic mass is 10.1. The van der Waals surface area contributed by atoms with Crippen molar-refractivity contribution < 1.29 is 4.79 Å². The van der Waals surface area contributed by atoms with Crippen molar-refractivity contribution >= 4 is 23.2 Å². The summed E-state index contributed by atoms with van der Waals surface area (Å²) >= 11 is 6.09. The lowest BCUT2D eigenvalue weighted by Crippen LogP contribution is -2.27. The Morgan fingerprint density at radius 3 is 2.54 bits per heavy atom. The van der Waals surface area contributed by atoms with Crippen LogP contribution in [0.1, 0.15) is 25.0 Å². The van der Waals surface area contributed by atoms with Crippen LogP contribution < -0.4 is 5.32 Å². The van der Waals surface area contributed by atoms with Crippen LogP contribution in [0.15, 0.2) is 60.3 Å². The number of nitriles is 1. The number of rotatable bonds is 6. The maximum atomic E-state index is 12.5. The first-order valence-electron chi connectivity index (χ1n) is 8.40. The highest BCUT2D eigenvalue weighted by molar-refractivity contribution is 6.31. The van der Waals surface area contributed by atoms with E-state index in [1.54, 1.807) is 24.4 Å². The summed E-state index contributed by atoms with van der Waals surface area (Å²) in [5.41, 5.74) is 2.53. The molecule has 4 nitrogen and oxygen atoms in total. The van der Waals surface area contributed by atoms with Crippen molar-refractivity contribution in [3.8, 4) is 6.07 Å². The van der Waals surface area contributed by atoms with Gasteiger partial charge in [0.05, 0.1) is 0 Å².